The molecule has 1 heterocycles. The van der Waals surface area contributed by atoms with Gasteiger partial charge in [0, 0.05) is 12.7 Å². The molecule has 1 aromatic rings. The molecule has 0 atom stereocenters. The summed E-state index contributed by atoms with van der Waals surface area (Å²) in [5.74, 6) is -0.720. The van der Waals surface area contributed by atoms with Crippen LogP contribution in [0.15, 0.2) is 23.0 Å². The molecular weight excluding hydrogens is 192 g/mol. The molecule has 0 bridgehead atoms. The van der Waals surface area contributed by atoms with E-state index in [4.69, 9.17) is 4.42 Å². The van der Waals surface area contributed by atoms with E-state index in [9.17, 15) is 13.2 Å². The van der Waals surface area contributed by atoms with Gasteiger partial charge >= 0.3 is 0 Å². The van der Waals surface area contributed by atoms with E-state index in [1.165, 1.54) is 12.5 Å². The molecule has 0 aliphatic carbocycles. The van der Waals surface area contributed by atoms with Crippen molar-refractivity contribution in [1.29, 1.82) is 0 Å². The average Bonchev–Trinajstić information content (AvgIpc) is 2.34. The van der Waals surface area contributed by atoms with E-state index in [2.05, 4.69) is 0 Å². The minimum Gasteiger partial charge on any atom is -0.472 e. The van der Waals surface area contributed by atoms with E-state index in [-0.39, 0.29) is 12.2 Å². The van der Waals surface area contributed by atoms with Crippen molar-refractivity contribution in [3.8, 4) is 0 Å². The molecule has 0 aromatic carbocycles. The Kier molecular flexibility index (Phi) is 2.87. The Morgan fingerprint density at radius 2 is 2.23 bits per heavy atom. The van der Waals surface area contributed by atoms with Gasteiger partial charge in [-0.25, -0.2) is 8.42 Å². The van der Waals surface area contributed by atoms with Crippen LogP contribution in [0.5, 0.6) is 0 Å². The summed E-state index contributed by atoms with van der Waals surface area (Å²) in [6.07, 6.45) is 4.03. The maximum Gasteiger partial charge on any atom is 0.154 e. The minimum atomic E-state index is -3.21. The molecule has 1 aromatic heterocycles. The highest BCUT2D eigenvalue weighted by Gasteiger charge is 2.11. The first-order chi connectivity index (χ1) is 5.97. The zero-order chi connectivity index (χ0) is 9.90. The van der Waals surface area contributed by atoms with Crippen LogP contribution in [0.3, 0.4) is 0 Å². The molecule has 72 valence electrons. The lowest BCUT2D eigenvalue weighted by Crippen LogP contribution is -2.16. The molecule has 1 rings (SSSR count). The largest absolute Gasteiger partial charge is 0.472 e. The molecule has 0 fully saturated rings. The second-order valence-corrected chi connectivity index (χ2v) is 5.06. The lowest BCUT2D eigenvalue weighted by atomic mass is 10.2. The van der Waals surface area contributed by atoms with Gasteiger partial charge in [-0.05, 0) is 11.6 Å². The molecule has 0 saturated heterocycles. The van der Waals surface area contributed by atoms with Gasteiger partial charge in [0.05, 0.1) is 12.5 Å². The van der Waals surface area contributed by atoms with Gasteiger partial charge in [-0.15, -0.1) is 0 Å². The Balaban J connectivity index is 2.53. The topological polar surface area (TPSA) is 64.3 Å². The standard InChI is InChI=1S/C8H10O4S/c1-13(10,11)6-8(9)4-7-2-3-12-5-7/h2-3,5H,4,6H2,1H3. The zero-order valence-electron chi connectivity index (χ0n) is 7.19. The second-order valence-electron chi connectivity index (χ2n) is 2.92. The van der Waals surface area contributed by atoms with Gasteiger partial charge in [0.2, 0.25) is 0 Å². The number of sulfone groups is 1. The molecule has 0 spiro atoms. The summed E-state index contributed by atoms with van der Waals surface area (Å²) in [6.45, 7) is 0. The average molecular weight is 202 g/mol. The van der Waals surface area contributed by atoms with Crippen molar-refractivity contribution in [3.63, 3.8) is 0 Å². The molecule has 0 radical (unpaired) electrons. The first-order valence-electron chi connectivity index (χ1n) is 3.68. The Bertz CT molecular complexity index is 374. The fourth-order valence-electron chi connectivity index (χ4n) is 0.964. The first kappa shape index (κ1) is 9.98. The van der Waals surface area contributed by atoms with E-state index in [0.717, 1.165) is 6.26 Å². The van der Waals surface area contributed by atoms with Gasteiger partial charge in [-0.3, -0.25) is 4.79 Å². The van der Waals surface area contributed by atoms with Crippen LogP contribution in [0.25, 0.3) is 0 Å². The number of rotatable bonds is 4. The molecule has 5 heteroatoms. The van der Waals surface area contributed by atoms with E-state index < -0.39 is 15.6 Å². The predicted octanol–water partition coefficient (Wildman–Crippen LogP) is 0.436. The Labute approximate surface area is 76.5 Å². The van der Waals surface area contributed by atoms with Crippen LogP contribution < -0.4 is 0 Å². The van der Waals surface area contributed by atoms with Gasteiger partial charge in [0.15, 0.2) is 15.6 Å². The third-order valence-electron chi connectivity index (χ3n) is 1.40. The molecule has 13 heavy (non-hydrogen) atoms. The summed E-state index contributed by atoms with van der Waals surface area (Å²) < 4.78 is 26.2. The normalized spacial score (nSPS) is 11.5. The van der Waals surface area contributed by atoms with Crippen LogP contribution in [0, 0.1) is 0 Å². The molecule has 0 amide bonds. The summed E-state index contributed by atoms with van der Waals surface area (Å²) in [5.41, 5.74) is 0.702. The van der Waals surface area contributed by atoms with Crippen molar-refractivity contribution in [3.05, 3.63) is 24.2 Å². The summed E-state index contributed by atoms with van der Waals surface area (Å²) in [4.78, 5) is 11.1. The summed E-state index contributed by atoms with van der Waals surface area (Å²) >= 11 is 0. The smallest absolute Gasteiger partial charge is 0.154 e. The third-order valence-corrected chi connectivity index (χ3v) is 2.25. The maximum absolute atomic E-state index is 11.1. The van der Waals surface area contributed by atoms with Crippen molar-refractivity contribution in [2.45, 2.75) is 6.42 Å². The molecule has 4 nitrogen and oxygen atoms in total. The number of hydrogen-bond donors (Lipinski definition) is 0. The highest BCUT2D eigenvalue weighted by atomic mass is 32.2. The number of furan rings is 1. The number of carbonyl (C=O) groups is 1. The van der Waals surface area contributed by atoms with E-state index >= 15 is 0 Å². The molecule has 0 N–H and O–H groups in total. The number of carbonyl (C=O) groups excluding carboxylic acids is 1. The molecule has 0 aliphatic rings. The Morgan fingerprint density at radius 1 is 1.54 bits per heavy atom. The molecule has 0 unspecified atom stereocenters. The van der Waals surface area contributed by atoms with Gasteiger partial charge in [-0.2, -0.15) is 0 Å². The zero-order valence-corrected chi connectivity index (χ0v) is 8.00. The summed E-state index contributed by atoms with van der Waals surface area (Å²) in [6, 6.07) is 1.64. The van der Waals surface area contributed by atoms with Crippen LogP contribution in [-0.4, -0.2) is 26.2 Å². The lowest BCUT2D eigenvalue weighted by Gasteiger charge is -1.95. The van der Waals surface area contributed by atoms with Crippen LogP contribution in [0.4, 0.5) is 0 Å². The van der Waals surface area contributed by atoms with Crippen LogP contribution in [-0.2, 0) is 21.1 Å². The first-order valence-corrected chi connectivity index (χ1v) is 5.74. The van der Waals surface area contributed by atoms with Crippen LogP contribution >= 0.6 is 0 Å². The van der Waals surface area contributed by atoms with Crippen LogP contribution in [0.1, 0.15) is 5.56 Å². The SMILES string of the molecule is CS(=O)(=O)CC(=O)Cc1ccoc1. The predicted molar refractivity (Wildman–Crippen MR) is 47.1 cm³/mol. The van der Waals surface area contributed by atoms with Crippen molar-refractivity contribution in [1.82, 2.24) is 0 Å². The van der Waals surface area contributed by atoms with Crippen molar-refractivity contribution in [2.75, 3.05) is 12.0 Å². The fourth-order valence-corrected chi connectivity index (χ4v) is 1.65. The van der Waals surface area contributed by atoms with E-state index in [1.54, 1.807) is 6.07 Å². The van der Waals surface area contributed by atoms with Crippen molar-refractivity contribution < 1.29 is 17.6 Å². The molecule has 0 aliphatic heterocycles. The highest BCUT2D eigenvalue weighted by Crippen LogP contribution is 2.02. The minimum absolute atomic E-state index is 0.115. The van der Waals surface area contributed by atoms with Gasteiger partial charge in [0.1, 0.15) is 5.75 Å². The quantitative estimate of drug-likeness (QED) is 0.710. The number of ketones is 1. The second kappa shape index (κ2) is 3.74. The lowest BCUT2D eigenvalue weighted by molar-refractivity contribution is -0.116. The van der Waals surface area contributed by atoms with Gasteiger partial charge < -0.3 is 4.42 Å². The monoisotopic (exact) mass is 202 g/mol. The summed E-state index contributed by atoms with van der Waals surface area (Å²) in [5, 5.41) is 0. The molecular formula is C8H10O4S. The van der Waals surface area contributed by atoms with Crippen LogP contribution in [0.2, 0.25) is 0 Å². The molecule has 0 saturated carbocycles. The van der Waals surface area contributed by atoms with E-state index in [0.29, 0.717) is 5.56 Å². The van der Waals surface area contributed by atoms with E-state index in [1.807, 2.05) is 0 Å². The number of hydrogen-bond acceptors (Lipinski definition) is 4. The van der Waals surface area contributed by atoms with Gasteiger partial charge in [0.25, 0.3) is 0 Å². The third kappa shape index (κ3) is 3.89. The van der Waals surface area contributed by atoms with Crippen molar-refractivity contribution in [2.24, 2.45) is 0 Å². The number of Topliss-reactive ketones (excluding diaryl/α,β-unsaturated/α-hetero) is 1. The fraction of sp³-hybridized carbons (Fsp3) is 0.375. The Morgan fingerprint density at radius 3 is 2.69 bits per heavy atom. The Hall–Kier alpha value is -1.10. The maximum atomic E-state index is 11.1. The van der Waals surface area contributed by atoms with Crippen molar-refractivity contribution >= 4 is 15.6 Å². The summed E-state index contributed by atoms with van der Waals surface area (Å²) in [7, 11) is -3.21. The highest BCUT2D eigenvalue weighted by molar-refractivity contribution is 7.91. The van der Waals surface area contributed by atoms with Gasteiger partial charge in [-0.1, -0.05) is 0 Å².